The van der Waals surface area contributed by atoms with Crippen molar-refractivity contribution in [2.45, 2.75) is 11.4 Å². The molecule has 0 spiro atoms. The van der Waals surface area contributed by atoms with Gasteiger partial charge >= 0.3 is 0 Å². The summed E-state index contributed by atoms with van der Waals surface area (Å²) in [6.07, 6.45) is 4.01. The van der Waals surface area contributed by atoms with Crippen molar-refractivity contribution in [3.8, 4) is 11.3 Å². The highest BCUT2D eigenvalue weighted by Gasteiger charge is 2.21. The molecular weight excluding hydrogens is 310 g/mol. The number of hydrogen-bond donors (Lipinski definition) is 1. The van der Waals surface area contributed by atoms with Gasteiger partial charge in [0, 0.05) is 25.1 Å². The van der Waals surface area contributed by atoms with Gasteiger partial charge in [-0.2, -0.15) is 0 Å². The molecule has 0 aliphatic rings. The first-order chi connectivity index (χ1) is 13.2. The van der Waals surface area contributed by atoms with Crippen molar-refractivity contribution in [2.24, 2.45) is 0 Å². The molecule has 0 saturated heterocycles. The number of hydrogen-bond acceptors (Lipinski definition) is 4. The van der Waals surface area contributed by atoms with Crippen LogP contribution in [0.25, 0.3) is 11.3 Å². The third kappa shape index (κ3) is 3.04. The zero-order chi connectivity index (χ0) is 20.6. The summed E-state index contributed by atoms with van der Waals surface area (Å²) >= 11 is 0. The molecule has 23 heavy (non-hydrogen) atoms. The Labute approximate surface area is 142 Å². The smallest absolute Gasteiger partial charge is 0.269 e. The van der Waals surface area contributed by atoms with Crippen LogP contribution < -0.4 is 5.32 Å². The van der Waals surface area contributed by atoms with Crippen LogP contribution in [0.2, 0.25) is 0 Å². The average Bonchev–Trinajstić information content (AvgIpc) is 3.10. The fourth-order valence-electron chi connectivity index (χ4n) is 2.17. The first-order valence-electron chi connectivity index (χ1n) is 9.29. The highest BCUT2D eigenvalue weighted by atomic mass is 32.2. The van der Waals surface area contributed by atoms with E-state index in [0.29, 0.717) is 12.1 Å². The summed E-state index contributed by atoms with van der Waals surface area (Å²) in [5, 5.41) is 2.91. The van der Waals surface area contributed by atoms with E-state index in [2.05, 4.69) is 10.3 Å². The summed E-state index contributed by atoms with van der Waals surface area (Å²) in [7, 11) is -2.40. The Hall–Kier alpha value is -2.44. The molecule has 1 aromatic carbocycles. The number of pyridine rings is 1. The van der Waals surface area contributed by atoms with Crippen molar-refractivity contribution in [3.63, 3.8) is 0 Å². The maximum atomic E-state index is 13.2. The van der Waals surface area contributed by atoms with Crippen LogP contribution in [0.15, 0.2) is 71.9 Å². The minimum Gasteiger partial charge on any atom is -0.316 e. The van der Waals surface area contributed by atoms with Gasteiger partial charge in [-0.05, 0) is 36.4 Å². The summed E-state index contributed by atoms with van der Waals surface area (Å²) in [6, 6.07) is 1.82. The van der Waals surface area contributed by atoms with Gasteiger partial charge in [-0.1, -0.05) is 30.2 Å². The molecule has 0 fully saturated rings. The lowest BCUT2D eigenvalue weighted by Crippen LogP contribution is -2.13. The molecule has 6 heteroatoms. The largest absolute Gasteiger partial charge is 0.316 e. The Balaban J connectivity index is 2.36. The highest BCUT2D eigenvalue weighted by Crippen LogP contribution is 2.26. The van der Waals surface area contributed by atoms with Crippen LogP contribution in [0.5, 0.6) is 0 Å². The Morgan fingerprint density at radius 2 is 2.09 bits per heavy atom. The second kappa shape index (κ2) is 6.36. The molecule has 0 unspecified atom stereocenters. The van der Waals surface area contributed by atoms with E-state index in [0.717, 1.165) is 3.97 Å². The molecule has 2 heterocycles. The molecule has 0 amide bonds. The topological polar surface area (TPSA) is 64.0 Å². The van der Waals surface area contributed by atoms with E-state index in [1.165, 1.54) is 36.8 Å². The zero-order valence-electron chi connectivity index (χ0n) is 17.3. The van der Waals surface area contributed by atoms with E-state index in [1.54, 1.807) is 7.05 Å². The Morgan fingerprint density at radius 1 is 1.30 bits per heavy atom. The third-order valence-electron chi connectivity index (χ3n) is 3.17. The predicted molar refractivity (Wildman–Crippen MR) is 89.5 cm³/mol. The maximum Gasteiger partial charge on any atom is 0.269 e. The second-order valence-corrected chi connectivity index (χ2v) is 6.57. The number of benzene rings is 1. The summed E-state index contributed by atoms with van der Waals surface area (Å²) in [4.78, 5) is 3.76. The van der Waals surface area contributed by atoms with Crippen LogP contribution in [-0.2, 0) is 16.6 Å². The van der Waals surface area contributed by atoms with Crippen molar-refractivity contribution in [2.75, 3.05) is 7.05 Å². The van der Waals surface area contributed by atoms with E-state index in [1.807, 2.05) is 0 Å². The summed E-state index contributed by atoms with van der Waals surface area (Å²) < 4.78 is 67.1. The van der Waals surface area contributed by atoms with Crippen molar-refractivity contribution >= 4 is 10.0 Å². The van der Waals surface area contributed by atoms with Gasteiger partial charge in [-0.3, -0.25) is 4.98 Å². The maximum absolute atomic E-state index is 13.2. The molecule has 0 radical (unpaired) electrons. The molecule has 5 nitrogen and oxygen atoms in total. The van der Waals surface area contributed by atoms with Crippen molar-refractivity contribution in [3.05, 3.63) is 72.6 Å². The average molecular weight is 332 g/mol. The van der Waals surface area contributed by atoms with Gasteiger partial charge in [0.15, 0.2) is 0 Å². The highest BCUT2D eigenvalue weighted by molar-refractivity contribution is 7.90. The standard InChI is InChI=1S/C17H17N3O2S/c1-18-11-14-10-17(15-6-3-2-4-7-15)20(13-14)23(21,22)16-8-5-9-19-12-16/h2-10,12-13,18H,11H2,1H3/i2D,3D,4D,6D,7D. The third-order valence-corrected chi connectivity index (χ3v) is 4.83. The molecular formula is C17H17N3O2S. The van der Waals surface area contributed by atoms with Crippen LogP contribution in [0.4, 0.5) is 0 Å². The fourth-order valence-corrected chi connectivity index (χ4v) is 3.52. The number of nitrogens with zero attached hydrogens (tertiary/aromatic N) is 2. The summed E-state index contributed by atoms with van der Waals surface area (Å²) in [6.45, 7) is 0.335. The molecule has 118 valence electrons. The molecule has 0 bridgehead atoms. The summed E-state index contributed by atoms with van der Waals surface area (Å²) in [5.41, 5.74) is 0.392. The first kappa shape index (κ1) is 10.4. The van der Waals surface area contributed by atoms with E-state index >= 15 is 0 Å². The van der Waals surface area contributed by atoms with Crippen molar-refractivity contribution in [1.29, 1.82) is 0 Å². The van der Waals surface area contributed by atoms with Crippen LogP contribution in [0.1, 0.15) is 12.4 Å². The lowest BCUT2D eigenvalue weighted by molar-refractivity contribution is 0.587. The van der Waals surface area contributed by atoms with Crippen LogP contribution in [-0.4, -0.2) is 24.4 Å². The van der Waals surface area contributed by atoms with Gasteiger partial charge in [0.1, 0.15) is 4.90 Å². The normalized spacial score (nSPS) is 14.6. The van der Waals surface area contributed by atoms with E-state index < -0.39 is 40.2 Å². The van der Waals surface area contributed by atoms with Crippen LogP contribution in [0, 0.1) is 0 Å². The van der Waals surface area contributed by atoms with Crippen LogP contribution in [0.3, 0.4) is 0 Å². The molecule has 0 aliphatic heterocycles. The SMILES string of the molecule is [2H]c1c([2H])c([2H])c(-c2cc(CNC)cn2S(=O)(=O)c2cccnc2)c([2H])c1[2H]. The molecule has 0 atom stereocenters. The van der Waals surface area contributed by atoms with E-state index in [9.17, 15) is 8.42 Å². The number of rotatable bonds is 5. The molecule has 1 N–H and O–H groups in total. The molecule has 2 aromatic heterocycles. The monoisotopic (exact) mass is 332 g/mol. The Kier molecular flexibility index (Phi) is 2.86. The van der Waals surface area contributed by atoms with Crippen LogP contribution >= 0.6 is 0 Å². The van der Waals surface area contributed by atoms with Gasteiger partial charge in [0.2, 0.25) is 0 Å². The molecule has 3 rings (SSSR count). The minimum atomic E-state index is -4.09. The Bertz CT molecular complexity index is 1120. The van der Waals surface area contributed by atoms with E-state index in [-0.39, 0.29) is 16.2 Å². The lowest BCUT2D eigenvalue weighted by Gasteiger charge is -2.10. The predicted octanol–water partition coefficient (Wildman–Crippen LogP) is 2.51. The first-order valence-corrected chi connectivity index (χ1v) is 8.23. The van der Waals surface area contributed by atoms with E-state index in [4.69, 9.17) is 6.85 Å². The Morgan fingerprint density at radius 3 is 2.74 bits per heavy atom. The minimum absolute atomic E-state index is 0.00824. The van der Waals surface area contributed by atoms with Gasteiger partial charge in [-0.25, -0.2) is 12.4 Å². The van der Waals surface area contributed by atoms with Gasteiger partial charge < -0.3 is 5.32 Å². The fraction of sp³-hybridized carbons (Fsp3) is 0.118. The van der Waals surface area contributed by atoms with Gasteiger partial charge in [-0.15, -0.1) is 0 Å². The number of nitrogens with one attached hydrogen (secondary N) is 1. The van der Waals surface area contributed by atoms with Crippen molar-refractivity contribution < 1.29 is 15.3 Å². The second-order valence-electron chi connectivity index (χ2n) is 4.75. The number of aromatic nitrogens is 2. The summed E-state index contributed by atoms with van der Waals surface area (Å²) in [5.74, 6) is 0. The zero-order valence-corrected chi connectivity index (χ0v) is 13.1. The van der Waals surface area contributed by atoms with Crippen molar-refractivity contribution in [1.82, 2.24) is 14.3 Å². The molecule has 3 aromatic rings. The lowest BCUT2D eigenvalue weighted by atomic mass is 10.1. The molecule has 0 saturated carbocycles. The quantitative estimate of drug-likeness (QED) is 0.780. The molecule has 0 aliphatic carbocycles. The van der Waals surface area contributed by atoms with Gasteiger partial charge in [0.25, 0.3) is 10.0 Å². The van der Waals surface area contributed by atoms with Gasteiger partial charge in [0.05, 0.1) is 12.5 Å².